The summed E-state index contributed by atoms with van der Waals surface area (Å²) in [4.78, 5) is 0. The van der Waals surface area contributed by atoms with Gasteiger partial charge in [0.1, 0.15) is 0 Å². The van der Waals surface area contributed by atoms with E-state index in [2.05, 4.69) is 33.8 Å². The number of unbranched alkanes of at least 4 members (excludes halogenated alkanes) is 9. The van der Waals surface area contributed by atoms with Crippen LogP contribution in [0.25, 0.3) is 0 Å². The topological polar surface area (TPSA) is 0 Å². The van der Waals surface area contributed by atoms with Crippen molar-refractivity contribution in [2.45, 2.75) is 103 Å². The van der Waals surface area contributed by atoms with Crippen LogP contribution in [0, 0.1) is 0 Å². The summed E-state index contributed by atoms with van der Waals surface area (Å²) in [5.41, 5.74) is 1.05. The van der Waals surface area contributed by atoms with Gasteiger partial charge in [0.15, 0.2) is 0 Å². The second kappa shape index (κ2) is 15.8. The van der Waals surface area contributed by atoms with Crippen molar-refractivity contribution in [3.05, 3.63) is 0 Å². The van der Waals surface area contributed by atoms with E-state index in [-0.39, 0.29) is 17.0 Å². The van der Waals surface area contributed by atoms with E-state index >= 15 is 0 Å². The van der Waals surface area contributed by atoms with E-state index in [1.54, 1.807) is 0 Å². The summed E-state index contributed by atoms with van der Waals surface area (Å²) >= 11 is 0. The first-order valence-electron chi connectivity index (χ1n) is 9.33. The van der Waals surface area contributed by atoms with Crippen LogP contribution in [-0.2, 0) is 0 Å². The van der Waals surface area contributed by atoms with Gasteiger partial charge in [-0.25, -0.2) is 0 Å². The molecule has 0 bridgehead atoms. The molecule has 21 heavy (non-hydrogen) atoms. The standard InChI is InChI=1S/C19H42P.BrH/c1-6-8-10-12-13-14-16-18-19(20(3,4)5)17-15-11-9-7-2;/h19H,6-18H2,1-5H3;1H/q+1;/p-1. The first-order valence-corrected chi connectivity index (χ1v) is 12.5. The van der Waals surface area contributed by atoms with E-state index in [4.69, 9.17) is 0 Å². The Kier molecular flexibility index (Phi) is 18.2. The highest BCUT2D eigenvalue weighted by atomic mass is 79.9. The maximum atomic E-state index is 2.55. The summed E-state index contributed by atoms with van der Waals surface area (Å²) in [6.45, 7) is 12.3. The van der Waals surface area contributed by atoms with Gasteiger partial charge in [0.05, 0.1) is 5.66 Å². The molecule has 0 saturated carbocycles. The predicted molar refractivity (Wildman–Crippen MR) is 99.8 cm³/mol. The smallest absolute Gasteiger partial charge is 0.0689 e. The molecule has 0 aromatic carbocycles. The summed E-state index contributed by atoms with van der Waals surface area (Å²) in [7, 11) is -0.641. The van der Waals surface area contributed by atoms with Gasteiger partial charge >= 0.3 is 0 Å². The molecular formula is C19H42BrP. The van der Waals surface area contributed by atoms with Crippen LogP contribution in [0.2, 0.25) is 0 Å². The van der Waals surface area contributed by atoms with Gasteiger partial charge in [-0.2, -0.15) is 0 Å². The van der Waals surface area contributed by atoms with E-state index in [0.717, 1.165) is 5.66 Å². The van der Waals surface area contributed by atoms with Crippen LogP contribution >= 0.6 is 7.26 Å². The molecule has 0 radical (unpaired) electrons. The lowest BCUT2D eigenvalue weighted by Gasteiger charge is -2.25. The van der Waals surface area contributed by atoms with E-state index < -0.39 is 7.26 Å². The predicted octanol–water partition coefficient (Wildman–Crippen LogP) is 4.38. The lowest BCUT2D eigenvalue weighted by atomic mass is 10.0. The summed E-state index contributed by atoms with van der Waals surface area (Å²) in [5.74, 6) is 0. The van der Waals surface area contributed by atoms with Crippen LogP contribution in [0.3, 0.4) is 0 Å². The summed E-state index contributed by atoms with van der Waals surface area (Å²) in [6, 6.07) is 0. The highest BCUT2D eigenvalue weighted by Crippen LogP contribution is 2.55. The zero-order chi connectivity index (χ0) is 15.3. The molecule has 0 saturated heterocycles. The zero-order valence-corrected chi connectivity index (χ0v) is 18.1. The van der Waals surface area contributed by atoms with Crippen LogP contribution in [0.5, 0.6) is 0 Å². The average Bonchev–Trinajstić information content (AvgIpc) is 2.38. The number of rotatable bonds is 14. The Labute approximate surface area is 147 Å². The largest absolute Gasteiger partial charge is 1.00 e. The maximum Gasteiger partial charge on any atom is 0.0689 e. The molecule has 0 heterocycles. The van der Waals surface area contributed by atoms with Crippen LogP contribution in [0.4, 0.5) is 0 Å². The minimum atomic E-state index is -0.641. The van der Waals surface area contributed by atoms with Gasteiger partial charge in [-0.3, -0.25) is 0 Å². The molecule has 130 valence electrons. The summed E-state index contributed by atoms with van der Waals surface area (Å²) in [5, 5.41) is 0. The Bertz CT molecular complexity index is 198. The average molecular weight is 381 g/mol. The van der Waals surface area contributed by atoms with E-state index in [0.29, 0.717) is 0 Å². The highest BCUT2D eigenvalue weighted by molar-refractivity contribution is 7.74. The minimum Gasteiger partial charge on any atom is -1.00 e. The first kappa shape index (κ1) is 24.2. The van der Waals surface area contributed by atoms with Crippen LogP contribution in [0.1, 0.15) is 97.3 Å². The first-order chi connectivity index (χ1) is 9.52. The van der Waals surface area contributed by atoms with Gasteiger partial charge in [-0.05, 0) is 25.7 Å². The van der Waals surface area contributed by atoms with Crippen LogP contribution in [0.15, 0.2) is 0 Å². The van der Waals surface area contributed by atoms with Crippen molar-refractivity contribution in [2.75, 3.05) is 20.0 Å². The van der Waals surface area contributed by atoms with Gasteiger partial charge in [0.2, 0.25) is 0 Å². The van der Waals surface area contributed by atoms with E-state index in [9.17, 15) is 0 Å². The molecular weight excluding hydrogens is 339 g/mol. The molecule has 0 aliphatic rings. The van der Waals surface area contributed by atoms with Gasteiger partial charge in [-0.15, -0.1) is 0 Å². The molecule has 0 rings (SSSR count). The highest BCUT2D eigenvalue weighted by Gasteiger charge is 2.29. The minimum absolute atomic E-state index is 0. The molecule has 0 aliphatic heterocycles. The molecule has 0 aliphatic carbocycles. The van der Waals surface area contributed by atoms with Gasteiger partial charge in [0.25, 0.3) is 0 Å². The molecule has 1 atom stereocenters. The fourth-order valence-electron chi connectivity index (χ4n) is 3.06. The van der Waals surface area contributed by atoms with Crippen molar-refractivity contribution < 1.29 is 17.0 Å². The lowest BCUT2D eigenvalue weighted by Crippen LogP contribution is -3.00. The quantitative estimate of drug-likeness (QED) is 0.310. The maximum absolute atomic E-state index is 2.55. The van der Waals surface area contributed by atoms with Crippen molar-refractivity contribution in [2.24, 2.45) is 0 Å². The third-order valence-electron chi connectivity index (χ3n) is 4.63. The van der Waals surface area contributed by atoms with Gasteiger partial charge in [-0.1, -0.05) is 71.6 Å². The number of hydrogen-bond acceptors (Lipinski definition) is 0. The second-order valence-electron chi connectivity index (χ2n) is 7.53. The van der Waals surface area contributed by atoms with Crippen LogP contribution in [-0.4, -0.2) is 25.7 Å². The number of hydrogen-bond donors (Lipinski definition) is 0. The number of halogens is 1. The van der Waals surface area contributed by atoms with Gasteiger partial charge < -0.3 is 17.0 Å². The fraction of sp³-hybridized carbons (Fsp3) is 1.00. The van der Waals surface area contributed by atoms with E-state index in [1.807, 2.05) is 0 Å². The molecule has 0 nitrogen and oxygen atoms in total. The van der Waals surface area contributed by atoms with Crippen molar-refractivity contribution >= 4 is 7.26 Å². The molecule has 0 fully saturated rings. The zero-order valence-electron chi connectivity index (χ0n) is 15.6. The van der Waals surface area contributed by atoms with Crippen molar-refractivity contribution in [3.63, 3.8) is 0 Å². The van der Waals surface area contributed by atoms with Crippen LogP contribution < -0.4 is 17.0 Å². The molecule has 1 unspecified atom stereocenters. The monoisotopic (exact) mass is 380 g/mol. The lowest BCUT2D eigenvalue weighted by molar-refractivity contribution is -0.00000478. The van der Waals surface area contributed by atoms with Crippen molar-refractivity contribution in [1.29, 1.82) is 0 Å². The molecule has 2 heteroatoms. The SMILES string of the molecule is CCCCCCCCCC(CCCCCC)[P+](C)(C)C.[Br-]. The second-order valence-corrected chi connectivity index (χ2v) is 12.5. The Morgan fingerprint density at radius 3 is 1.29 bits per heavy atom. The fourth-order valence-corrected chi connectivity index (χ4v) is 4.98. The third kappa shape index (κ3) is 15.6. The molecule has 0 aromatic heterocycles. The summed E-state index contributed by atoms with van der Waals surface area (Å²) in [6.07, 6.45) is 19.0. The Morgan fingerprint density at radius 1 is 0.571 bits per heavy atom. The molecule has 0 amide bonds. The molecule has 0 spiro atoms. The van der Waals surface area contributed by atoms with Crippen molar-refractivity contribution in [1.82, 2.24) is 0 Å². The van der Waals surface area contributed by atoms with E-state index in [1.165, 1.54) is 83.5 Å². The molecule has 0 aromatic rings. The third-order valence-corrected chi connectivity index (χ3v) is 7.33. The normalized spacial score (nSPS) is 13.0. The van der Waals surface area contributed by atoms with Gasteiger partial charge in [0, 0.05) is 27.3 Å². The summed E-state index contributed by atoms with van der Waals surface area (Å²) < 4.78 is 0. The molecule has 0 N–H and O–H groups in total. The Hall–Kier alpha value is 0.910. The Morgan fingerprint density at radius 2 is 0.905 bits per heavy atom. The Balaban J connectivity index is 0. The van der Waals surface area contributed by atoms with Crippen molar-refractivity contribution in [3.8, 4) is 0 Å².